The Balaban J connectivity index is 1.45. The predicted octanol–water partition coefficient (Wildman–Crippen LogP) is 3.77. The summed E-state index contributed by atoms with van der Waals surface area (Å²) in [6, 6.07) is 10.6. The SMILES string of the molecule is OCc1noc(-c2ccc(N3CCC(Cc4ccccc4Cl)(C(F)F)CC3)nn2)n1. The first-order valence-corrected chi connectivity index (χ1v) is 9.92. The molecule has 0 atom stereocenters. The van der Waals surface area contributed by atoms with Gasteiger partial charge in [-0.3, -0.25) is 0 Å². The Hall–Kier alpha value is -2.65. The van der Waals surface area contributed by atoms with E-state index in [9.17, 15) is 8.78 Å². The van der Waals surface area contributed by atoms with Gasteiger partial charge in [0, 0.05) is 23.5 Å². The van der Waals surface area contributed by atoms with Gasteiger partial charge >= 0.3 is 0 Å². The van der Waals surface area contributed by atoms with Gasteiger partial charge in [-0.1, -0.05) is 35.0 Å². The van der Waals surface area contributed by atoms with E-state index in [1.807, 2.05) is 17.0 Å². The highest BCUT2D eigenvalue weighted by atomic mass is 35.5. The number of benzene rings is 1. The van der Waals surface area contributed by atoms with E-state index >= 15 is 0 Å². The fourth-order valence-electron chi connectivity index (χ4n) is 3.70. The summed E-state index contributed by atoms with van der Waals surface area (Å²) in [4.78, 5) is 5.93. The van der Waals surface area contributed by atoms with Gasteiger partial charge in [0.2, 0.25) is 6.43 Å². The zero-order chi connectivity index (χ0) is 21.1. The second-order valence-electron chi connectivity index (χ2n) is 7.37. The van der Waals surface area contributed by atoms with E-state index in [1.165, 1.54) is 0 Å². The average molecular weight is 436 g/mol. The number of piperidine rings is 1. The highest BCUT2D eigenvalue weighted by molar-refractivity contribution is 6.31. The van der Waals surface area contributed by atoms with Gasteiger partial charge in [0.1, 0.15) is 6.61 Å². The standard InChI is InChI=1S/C20H20ClF2N5O2/c21-14-4-2-1-3-13(14)11-20(19(22)23)7-9-28(10-8-20)17-6-5-15(25-26-17)18-24-16(12-29)27-30-18/h1-6,19,29H,7-12H2. The summed E-state index contributed by atoms with van der Waals surface area (Å²) >= 11 is 6.21. The van der Waals surface area contributed by atoms with Crippen molar-refractivity contribution in [3.63, 3.8) is 0 Å². The van der Waals surface area contributed by atoms with Crippen molar-refractivity contribution in [1.82, 2.24) is 20.3 Å². The van der Waals surface area contributed by atoms with Crippen LogP contribution in [0.2, 0.25) is 5.02 Å². The molecule has 1 N–H and O–H groups in total. The summed E-state index contributed by atoms with van der Waals surface area (Å²) in [7, 11) is 0. The number of hydrogen-bond donors (Lipinski definition) is 1. The molecule has 0 aliphatic carbocycles. The zero-order valence-corrected chi connectivity index (χ0v) is 16.8. The van der Waals surface area contributed by atoms with Crippen LogP contribution < -0.4 is 4.90 Å². The Morgan fingerprint density at radius 3 is 2.50 bits per heavy atom. The van der Waals surface area contributed by atoms with Crippen LogP contribution in [0.5, 0.6) is 0 Å². The first-order chi connectivity index (χ1) is 14.5. The molecule has 0 saturated carbocycles. The molecule has 10 heteroatoms. The fourth-order valence-corrected chi connectivity index (χ4v) is 3.91. The number of alkyl halides is 2. The summed E-state index contributed by atoms with van der Waals surface area (Å²) in [5.74, 6) is 0.920. The molecule has 1 saturated heterocycles. The molecule has 30 heavy (non-hydrogen) atoms. The van der Waals surface area contributed by atoms with E-state index in [0.29, 0.717) is 42.5 Å². The van der Waals surface area contributed by atoms with Gasteiger partial charge < -0.3 is 14.5 Å². The molecule has 1 aromatic carbocycles. The van der Waals surface area contributed by atoms with E-state index in [-0.39, 0.29) is 24.7 Å². The quantitative estimate of drug-likeness (QED) is 0.630. The van der Waals surface area contributed by atoms with E-state index in [1.54, 1.807) is 24.3 Å². The van der Waals surface area contributed by atoms with Gasteiger partial charge in [-0.05, 0) is 43.0 Å². The van der Waals surface area contributed by atoms with Crippen LogP contribution in [0.4, 0.5) is 14.6 Å². The molecule has 1 aliphatic heterocycles. The Kier molecular flexibility index (Phi) is 5.92. The highest BCUT2D eigenvalue weighted by Crippen LogP contribution is 2.42. The van der Waals surface area contributed by atoms with E-state index in [0.717, 1.165) is 5.56 Å². The van der Waals surface area contributed by atoms with Gasteiger partial charge in [-0.25, -0.2) is 8.78 Å². The molecule has 0 unspecified atom stereocenters. The summed E-state index contributed by atoms with van der Waals surface area (Å²) < 4.78 is 33.1. The van der Waals surface area contributed by atoms with Crippen molar-refractivity contribution >= 4 is 17.4 Å². The largest absolute Gasteiger partial charge is 0.388 e. The maximum Gasteiger partial charge on any atom is 0.278 e. The van der Waals surface area contributed by atoms with Crippen molar-refractivity contribution in [2.24, 2.45) is 5.41 Å². The maximum atomic E-state index is 14.1. The van der Waals surface area contributed by atoms with Crippen LogP contribution >= 0.6 is 11.6 Å². The summed E-state index contributed by atoms with van der Waals surface area (Å²) in [6.45, 7) is 0.555. The number of aliphatic hydroxyl groups excluding tert-OH is 1. The van der Waals surface area contributed by atoms with E-state index < -0.39 is 11.8 Å². The minimum Gasteiger partial charge on any atom is -0.388 e. The minimum absolute atomic E-state index is 0.160. The Morgan fingerprint density at radius 1 is 1.13 bits per heavy atom. The Morgan fingerprint density at radius 2 is 1.90 bits per heavy atom. The summed E-state index contributed by atoms with van der Waals surface area (Å²) in [5.41, 5.74) is 0.0155. The van der Waals surface area contributed by atoms with Crippen molar-refractivity contribution < 1.29 is 18.4 Å². The van der Waals surface area contributed by atoms with Crippen LogP contribution in [0.25, 0.3) is 11.6 Å². The Labute approximate surface area is 176 Å². The topological polar surface area (TPSA) is 88.2 Å². The summed E-state index contributed by atoms with van der Waals surface area (Å²) in [5, 5.41) is 21.4. The van der Waals surface area contributed by atoms with Gasteiger partial charge in [0.15, 0.2) is 17.3 Å². The molecule has 3 heterocycles. The van der Waals surface area contributed by atoms with Crippen LogP contribution in [-0.4, -0.2) is 45.0 Å². The van der Waals surface area contributed by atoms with Gasteiger partial charge in [-0.15, -0.1) is 10.2 Å². The van der Waals surface area contributed by atoms with Crippen LogP contribution in [-0.2, 0) is 13.0 Å². The molecule has 0 bridgehead atoms. The van der Waals surface area contributed by atoms with Gasteiger partial charge in [0.25, 0.3) is 5.89 Å². The number of anilines is 1. The average Bonchev–Trinajstić information content (AvgIpc) is 3.25. The lowest BCUT2D eigenvalue weighted by Gasteiger charge is -2.41. The number of aliphatic hydroxyl groups is 1. The van der Waals surface area contributed by atoms with Crippen molar-refractivity contribution in [3.8, 4) is 11.6 Å². The zero-order valence-electron chi connectivity index (χ0n) is 16.0. The smallest absolute Gasteiger partial charge is 0.278 e. The van der Waals surface area contributed by atoms with Crippen LogP contribution in [0.3, 0.4) is 0 Å². The highest BCUT2D eigenvalue weighted by Gasteiger charge is 2.43. The van der Waals surface area contributed by atoms with Gasteiger partial charge in [0.05, 0.1) is 0 Å². The van der Waals surface area contributed by atoms with Crippen molar-refractivity contribution in [1.29, 1.82) is 0 Å². The molecule has 158 valence electrons. The van der Waals surface area contributed by atoms with Crippen molar-refractivity contribution in [2.45, 2.75) is 32.3 Å². The molecule has 0 spiro atoms. The molecular formula is C20H20ClF2N5O2. The first kappa shape index (κ1) is 20.6. The Bertz CT molecular complexity index is 991. The second kappa shape index (κ2) is 8.61. The van der Waals surface area contributed by atoms with Crippen LogP contribution in [0, 0.1) is 5.41 Å². The number of aromatic nitrogens is 4. The molecule has 0 radical (unpaired) electrons. The van der Waals surface area contributed by atoms with Crippen molar-refractivity contribution in [2.75, 3.05) is 18.0 Å². The molecule has 7 nitrogen and oxygen atoms in total. The van der Waals surface area contributed by atoms with Crippen molar-refractivity contribution in [3.05, 3.63) is 52.8 Å². The minimum atomic E-state index is -2.44. The molecule has 0 amide bonds. The molecule has 1 fully saturated rings. The molecule has 4 rings (SSSR count). The molecule has 2 aromatic heterocycles. The monoisotopic (exact) mass is 435 g/mol. The normalized spacial score (nSPS) is 16.2. The lowest BCUT2D eigenvalue weighted by Crippen LogP contribution is -2.45. The van der Waals surface area contributed by atoms with Crippen LogP contribution in [0.1, 0.15) is 24.2 Å². The van der Waals surface area contributed by atoms with Gasteiger partial charge in [-0.2, -0.15) is 4.98 Å². The number of halogens is 3. The molecule has 3 aromatic rings. The summed E-state index contributed by atoms with van der Waals surface area (Å²) in [6.07, 6.45) is -1.55. The fraction of sp³-hybridized carbons (Fsp3) is 0.400. The van der Waals surface area contributed by atoms with E-state index in [2.05, 4.69) is 20.3 Å². The first-order valence-electron chi connectivity index (χ1n) is 9.55. The van der Waals surface area contributed by atoms with E-state index in [4.69, 9.17) is 21.2 Å². The third kappa shape index (κ3) is 4.13. The van der Waals surface area contributed by atoms with Crippen LogP contribution in [0.15, 0.2) is 40.9 Å². The number of hydrogen-bond acceptors (Lipinski definition) is 7. The number of rotatable bonds is 6. The lowest BCUT2D eigenvalue weighted by molar-refractivity contribution is -0.0225. The third-order valence-corrected chi connectivity index (χ3v) is 5.89. The third-order valence-electron chi connectivity index (χ3n) is 5.53. The predicted molar refractivity (Wildman–Crippen MR) is 106 cm³/mol. The lowest BCUT2D eigenvalue weighted by atomic mass is 9.74. The second-order valence-corrected chi connectivity index (χ2v) is 7.78. The maximum absolute atomic E-state index is 14.1. The number of nitrogens with zero attached hydrogens (tertiary/aromatic N) is 5. The molecule has 1 aliphatic rings. The molecular weight excluding hydrogens is 416 g/mol.